The predicted molar refractivity (Wildman–Crippen MR) is 82.8 cm³/mol. The molecule has 0 heterocycles. The van der Waals surface area contributed by atoms with Gasteiger partial charge in [-0.3, -0.25) is 9.59 Å². The summed E-state index contributed by atoms with van der Waals surface area (Å²) in [5.74, 6) is -1.35. The van der Waals surface area contributed by atoms with E-state index in [9.17, 15) is 9.59 Å². The molecule has 20 heavy (non-hydrogen) atoms. The van der Waals surface area contributed by atoms with Gasteiger partial charge in [-0.2, -0.15) is 0 Å². The number of carbonyl (C=O) groups is 2. The van der Waals surface area contributed by atoms with Gasteiger partial charge in [-0.05, 0) is 12.8 Å². The Labute approximate surface area is 123 Å². The summed E-state index contributed by atoms with van der Waals surface area (Å²) >= 11 is 0. The van der Waals surface area contributed by atoms with Crippen LogP contribution in [0.3, 0.4) is 0 Å². The van der Waals surface area contributed by atoms with E-state index in [1.807, 2.05) is 0 Å². The van der Waals surface area contributed by atoms with Crippen molar-refractivity contribution >= 4 is 11.9 Å². The molecule has 8 N–H and O–H groups in total. The molecule has 0 spiro atoms. The Morgan fingerprint density at radius 3 is 1.15 bits per heavy atom. The molecule has 0 aromatic heterocycles. The van der Waals surface area contributed by atoms with Gasteiger partial charge in [0, 0.05) is 12.8 Å². The van der Waals surface area contributed by atoms with Gasteiger partial charge in [-0.25, -0.2) is 0 Å². The molecular weight excluding hydrogens is 260 g/mol. The zero-order valence-electron chi connectivity index (χ0n) is 13.2. The second-order valence-corrected chi connectivity index (χ2v) is 4.41. The molecular formula is C14H34N2O4. The summed E-state index contributed by atoms with van der Waals surface area (Å²) in [5, 5.41) is 16.4. The molecule has 0 amide bonds. The third-order valence-electron chi connectivity index (χ3n) is 2.49. The molecule has 0 atom stereocenters. The molecule has 124 valence electrons. The first-order valence-electron chi connectivity index (χ1n) is 6.98. The maximum absolute atomic E-state index is 9.96. The summed E-state index contributed by atoms with van der Waals surface area (Å²) in [6, 6.07) is 0. The number of carboxylic acid groups (broad SMARTS) is 2. The van der Waals surface area contributed by atoms with Crippen LogP contribution in [0.1, 0.15) is 78.1 Å². The van der Waals surface area contributed by atoms with Crippen LogP contribution in [-0.2, 0) is 9.59 Å². The molecule has 0 aliphatic carbocycles. The van der Waals surface area contributed by atoms with Crippen LogP contribution in [-0.4, -0.2) is 22.2 Å². The number of rotatable bonds is 10. The average molecular weight is 294 g/mol. The Balaban J connectivity index is -0.000000116. The van der Waals surface area contributed by atoms with E-state index in [1.54, 1.807) is 0 Å². The van der Waals surface area contributed by atoms with Gasteiger partial charge in [-0.1, -0.05) is 52.4 Å². The minimum atomic E-state index is -0.675. The molecule has 0 rings (SSSR count). The van der Waals surface area contributed by atoms with Crippen LogP contribution in [0.2, 0.25) is 0 Å². The molecule has 6 nitrogen and oxygen atoms in total. The number of unbranched alkanes of at least 4 members (excludes halogenated alkanes) is 6. The molecule has 0 saturated heterocycles. The van der Waals surface area contributed by atoms with Crippen molar-refractivity contribution in [2.75, 3.05) is 0 Å². The Morgan fingerprint density at radius 1 is 0.650 bits per heavy atom. The molecule has 0 unspecified atom stereocenters. The molecule has 0 aliphatic rings. The van der Waals surface area contributed by atoms with Crippen LogP contribution >= 0.6 is 0 Å². The van der Waals surface area contributed by atoms with Crippen molar-refractivity contribution < 1.29 is 19.8 Å². The number of carboxylic acids is 2. The summed E-state index contributed by atoms with van der Waals surface area (Å²) in [4.78, 5) is 19.9. The summed E-state index contributed by atoms with van der Waals surface area (Å²) in [5.41, 5.74) is 0. The third kappa shape index (κ3) is 36.0. The standard InChI is InChI=1S/2C7H14O2.2H3N/c2*1-2-3-4-5-6-7(8)9;;/h2*2-6H2,1H3,(H,8,9);2*1H3. The van der Waals surface area contributed by atoms with E-state index in [1.165, 1.54) is 12.8 Å². The van der Waals surface area contributed by atoms with Gasteiger partial charge < -0.3 is 22.5 Å². The summed E-state index contributed by atoms with van der Waals surface area (Å²) in [6.45, 7) is 4.22. The SMILES string of the molecule is CCCCCCC(=O)O.CCCCCCC(=O)O.N.N. The fraction of sp³-hybridized carbons (Fsp3) is 0.857. The zero-order valence-corrected chi connectivity index (χ0v) is 13.2. The van der Waals surface area contributed by atoms with E-state index in [2.05, 4.69) is 13.8 Å². The van der Waals surface area contributed by atoms with E-state index in [4.69, 9.17) is 10.2 Å². The first-order chi connectivity index (χ1) is 8.54. The lowest BCUT2D eigenvalue weighted by molar-refractivity contribution is -0.138. The maximum Gasteiger partial charge on any atom is 0.303 e. The number of hydrogen-bond acceptors (Lipinski definition) is 4. The fourth-order valence-corrected chi connectivity index (χ4v) is 1.41. The molecule has 0 saturated carbocycles. The number of aliphatic carboxylic acids is 2. The normalized spacial score (nSPS) is 8.50. The lowest BCUT2D eigenvalue weighted by Crippen LogP contribution is -1.92. The highest BCUT2D eigenvalue weighted by Gasteiger charge is 1.94. The van der Waals surface area contributed by atoms with Crippen LogP contribution in [0.4, 0.5) is 0 Å². The Hall–Kier alpha value is -1.14. The number of hydrogen-bond donors (Lipinski definition) is 4. The fourth-order valence-electron chi connectivity index (χ4n) is 1.41. The molecule has 0 fully saturated rings. The van der Waals surface area contributed by atoms with Gasteiger partial charge in [0.1, 0.15) is 0 Å². The van der Waals surface area contributed by atoms with Crippen LogP contribution in [0.5, 0.6) is 0 Å². The summed E-state index contributed by atoms with van der Waals surface area (Å²) in [7, 11) is 0. The van der Waals surface area contributed by atoms with Crippen LogP contribution in [0.15, 0.2) is 0 Å². The molecule has 0 aliphatic heterocycles. The monoisotopic (exact) mass is 294 g/mol. The van der Waals surface area contributed by atoms with E-state index in [0.29, 0.717) is 12.8 Å². The minimum Gasteiger partial charge on any atom is -0.481 e. The Kier molecular flexibility index (Phi) is 31.3. The zero-order chi connectivity index (χ0) is 14.2. The highest BCUT2D eigenvalue weighted by molar-refractivity contribution is 5.66. The van der Waals surface area contributed by atoms with Crippen LogP contribution in [0, 0.1) is 0 Å². The third-order valence-corrected chi connectivity index (χ3v) is 2.49. The second kappa shape index (κ2) is 23.0. The van der Waals surface area contributed by atoms with E-state index in [-0.39, 0.29) is 12.3 Å². The molecule has 0 aromatic rings. The van der Waals surface area contributed by atoms with Crippen molar-refractivity contribution in [1.29, 1.82) is 0 Å². The van der Waals surface area contributed by atoms with Crippen molar-refractivity contribution in [1.82, 2.24) is 12.3 Å². The Bertz CT molecular complexity index is 189. The van der Waals surface area contributed by atoms with Crippen LogP contribution < -0.4 is 12.3 Å². The largest absolute Gasteiger partial charge is 0.481 e. The first-order valence-corrected chi connectivity index (χ1v) is 6.98. The highest BCUT2D eigenvalue weighted by Crippen LogP contribution is 2.01. The van der Waals surface area contributed by atoms with Crippen molar-refractivity contribution in [3.63, 3.8) is 0 Å². The van der Waals surface area contributed by atoms with Gasteiger partial charge in [0.05, 0.1) is 0 Å². The second-order valence-electron chi connectivity index (χ2n) is 4.41. The van der Waals surface area contributed by atoms with Crippen LogP contribution in [0.25, 0.3) is 0 Å². The summed E-state index contributed by atoms with van der Waals surface area (Å²) < 4.78 is 0. The van der Waals surface area contributed by atoms with Crippen molar-refractivity contribution in [2.45, 2.75) is 78.1 Å². The van der Waals surface area contributed by atoms with Gasteiger partial charge in [0.2, 0.25) is 0 Å². The summed E-state index contributed by atoms with van der Waals surface area (Å²) in [6.07, 6.45) is 9.11. The van der Waals surface area contributed by atoms with Gasteiger partial charge in [-0.15, -0.1) is 0 Å². The average Bonchev–Trinajstić information content (AvgIpc) is 2.31. The van der Waals surface area contributed by atoms with Gasteiger partial charge >= 0.3 is 11.9 Å². The smallest absolute Gasteiger partial charge is 0.303 e. The lowest BCUT2D eigenvalue weighted by Gasteiger charge is -1.92. The van der Waals surface area contributed by atoms with Gasteiger partial charge in [0.15, 0.2) is 0 Å². The van der Waals surface area contributed by atoms with E-state index >= 15 is 0 Å². The molecule has 0 radical (unpaired) electrons. The Morgan fingerprint density at radius 2 is 0.950 bits per heavy atom. The lowest BCUT2D eigenvalue weighted by atomic mass is 10.2. The molecule has 0 bridgehead atoms. The van der Waals surface area contributed by atoms with E-state index in [0.717, 1.165) is 38.5 Å². The first kappa shape index (κ1) is 27.2. The maximum atomic E-state index is 9.96. The quantitative estimate of drug-likeness (QED) is 0.439. The highest BCUT2D eigenvalue weighted by atomic mass is 16.4. The van der Waals surface area contributed by atoms with Crippen molar-refractivity contribution in [3.8, 4) is 0 Å². The van der Waals surface area contributed by atoms with Crippen molar-refractivity contribution in [3.05, 3.63) is 0 Å². The van der Waals surface area contributed by atoms with Gasteiger partial charge in [0.25, 0.3) is 0 Å². The molecule has 0 aromatic carbocycles. The van der Waals surface area contributed by atoms with E-state index < -0.39 is 11.9 Å². The predicted octanol–water partition coefficient (Wildman–Crippen LogP) is 4.41. The minimum absolute atomic E-state index is 0. The topological polar surface area (TPSA) is 145 Å². The van der Waals surface area contributed by atoms with Crippen molar-refractivity contribution in [2.24, 2.45) is 0 Å². The molecule has 6 heteroatoms.